The van der Waals surface area contributed by atoms with Crippen molar-refractivity contribution in [2.24, 2.45) is 0 Å². The lowest BCUT2D eigenvalue weighted by atomic mass is 10.1. The minimum Gasteiger partial charge on any atom is -0.490 e. The van der Waals surface area contributed by atoms with Gasteiger partial charge in [-0.25, -0.2) is 8.78 Å². The molecule has 0 radical (unpaired) electrons. The van der Waals surface area contributed by atoms with Gasteiger partial charge in [-0.15, -0.1) is 0 Å². The Hall–Kier alpha value is -2.48. The number of rotatable bonds is 6. The van der Waals surface area contributed by atoms with E-state index in [-0.39, 0.29) is 18.7 Å². The van der Waals surface area contributed by atoms with E-state index >= 15 is 0 Å². The van der Waals surface area contributed by atoms with Crippen molar-refractivity contribution in [1.29, 1.82) is 0 Å². The molecule has 1 saturated heterocycles. The molecule has 1 atom stereocenters. The average molecular weight is 376 g/mol. The average Bonchev–Trinajstić information content (AvgIpc) is 3.33. The Morgan fingerprint density at radius 1 is 1.26 bits per heavy atom. The molecule has 1 fully saturated rings. The molecule has 6 nitrogen and oxygen atoms in total. The summed E-state index contributed by atoms with van der Waals surface area (Å²) in [5, 5.41) is 4.55. The van der Waals surface area contributed by atoms with E-state index in [0.29, 0.717) is 5.89 Å². The number of nitrogens with zero attached hydrogens (tertiary/aromatic N) is 4. The zero-order chi connectivity index (χ0) is 18.8. The van der Waals surface area contributed by atoms with Crippen molar-refractivity contribution in [3.63, 3.8) is 0 Å². The van der Waals surface area contributed by atoms with E-state index in [1.54, 1.807) is 10.8 Å². The van der Waals surface area contributed by atoms with Crippen LogP contribution in [-0.4, -0.2) is 45.2 Å². The molecule has 0 bridgehead atoms. The van der Waals surface area contributed by atoms with E-state index in [9.17, 15) is 8.78 Å². The monoisotopic (exact) mass is 376 g/mol. The molecule has 0 N–H and O–H groups in total. The molecule has 27 heavy (non-hydrogen) atoms. The zero-order valence-corrected chi connectivity index (χ0v) is 15.1. The summed E-state index contributed by atoms with van der Waals surface area (Å²) < 4.78 is 38.4. The van der Waals surface area contributed by atoms with Gasteiger partial charge in [0.2, 0.25) is 5.89 Å². The fourth-order valence-corrected chi connectivity index (χ4v) is 3.69. The first-order valence-electron chi connectivity index (χ1n) is 9.15. The lowest BCUT2D eigenvalue weighted by Crippen LogP contribution is -2.39. The summed E-state index contributed by atoms with van der Waals surface area (Å²) in [5.74, 6) is 1.38. The largest absolute Gasteiger partial charge is 0.490 e. The second-order valence-corrected chi connectivity index (χ2v) is 6.86. The van der Waals surface area contributed by atoms with Crippen molar-refractivity contribution in [3.8, 4) is 5.75 Å². The van der Waals surface area contributed by atoms with Gasteiger partial charge in [0.15, 0.2) is 6.33 Å². The number of hydrogen-bond acceptors (Lipinski definition) is 5. The first kappa shape index (κ1) is 17.9. The molecule has 2 aromatic heterocycles. The summed E-state index contributed by atoms with van der Waals surface area (Å²) in [6.07, 6.45) is 2.59. The minimum absolute atomic E-state index is 0.0836. The topological polar surface area (TPSA) is 56.3 Å². The second-order valence-electron chi connectivity index (χ2n) is 6.86. The van der Waals surface area contributed by atoms with E-state index in [0.717, 1.165) is 42.6 Å². The van der Waals surface area contributed by atoms with Crippen LogP contribution in [0.15, 0.2) is 41.3 Å². The molecular weight excluding hydrogens is 354 g/mol. The maximum absolute atomic E-state index is 12.7. The van der Waals surface area contributed by atoms with Gasteiger partial charge in [0.25, 0.3) is 6.43 Å². The number of piperidine rings is 1. The van der Waals surface area contributed by atoms with Crippen LogP contribution in [0.25, 0.3) is 10.9 Å². The zero-order valence-electron chi connectivity index (χ0n) is 15.1. The number of benzene rings is 1. The number of likely N-dealkylation sites (tertiary alicyclic amines) is 1. The van der Waals surface area contributed by atoms with Gasteiger partial charge in [-0.2, -0.15) is 4.98 Å². The third-order valence-corrected chi connectivity index (χ3v) is 5.16. The maximum Gasteiger partial charge on any atom is 0.256 e. The molecule has 144 valence electrons. The number of ether oxygens (including phenoxy) is 1. The van der Waals surface area contributed by atoms with Gasteiger partial charge in [-0.3, -0.25) is 4.90 Å². The molecule has 0 saturated carbocycles. The fraction of sp³-hybridized carbons (Fsp3) is 0.474. The predicted molar refractivity (Wildman–Crippen MR) is 95.9 cm³/mol. The normalized spacial score (nSPS) is 17.6. The maximum atomic E-state index is 12.7. The molecule has 3 aromatic rings. The molecule has 0 aliphatic carbocycles. The van der Waals surface area contributed by atoms with Crippen molar-refractivity contribution in [3.05, 3.63) is 42.7 Å². The van der Waals surface area contributed by atoms with Gasteiger partial charge in [0.05, 0.1) is 18.1 Å². The second kappa shape index (κ2) is 7.64. The molecule has 0 spiro atoms. The van der Waals surface area contributed by atoms with E-state index < -0.39 is 6.43 Å². The Labute approximate surface area is 155 Å². The predicted octanol–water partition coefficient (Wildman–Crippen LogP) is 3.89. The van der Waals surface area contributed by atoms with Crippen molar-refractivity contribution in [2.45, 2.75) is 44.9 Å². The highest BCUT2D eigenvalue weighted by Gasteiger charge is 2.27. The summed E-state index contributed by atoms with van der Waals surface area (Å²) >= 11 is 0. The number of aromatic nitrogens is 3. The van der Waals surface area contributed by atoms with Gasteiger partial charge in [0.1, 0.15) is 11.9 Å². The minimum atomic E-state index is -2.38. The van der Waals surface area contributed by atoms with Gasteiger partial charge < -0.3 is 13.8 Å². The van der Waals surface area contributed by atoms with Gasteiger partial charge >= 0.3 is 0 Å². The molecular formula is C19H22F2N4O2. The Balaban J connectivity index is 1.41. The standard InChI is InChI=1S/C19H22F2N4O2/c1-13(19-22-12-23-27-19)24-8-5-14(6-9-24)26-17-4-2-3-16-15(17)7-10-25(16)11-18(20)21/h2-4,7,10,12-14,18H,5-6,8-9,11H2,1H3. The molecule has 3 heterocycles. The van der Waals surface area contributed by atoms with Crippen LogP contribution in [0.1, 0.15) is 31.7 Å². The number of halogens is 2. The molecule has 8 heteroatoms. The molecule has 1 unspecified atom stereocenters. The Bertz CT molecular complexity index is 873. The molecule has 4 rings (SSSR count). The summed E-state index contributed by atoms with van der Waals surface area (Å²) in [5.41, 5.74) is 0.773. The van der Waals surface area contributed by atoms with Crippen LogP contribution in [0.3, 0.4) is 0 Å². The molecule has 1 aliphatic heterocycles. The molecule has 1 aromatic carbocycles. The van der Waals surface area contributed by atoms with Crippen LogP contribution in [-0.2, 0) is 6.54 Å². The van der Waals surface area contributed by atoms with Crippen LogP contribution < -0.4 is 4.74 Å². The molecule has 1 aliphatic rings. The highest BCUT2D eigenvalue weighted by molar-refractivity contribution is 5.86. The van der Waals surface area contributed by atoms with E-state index in [1.165, 1.54) is 6.33 Å². The van der Waals surface area contributed by atoms with Crippen LogP contribution in [0.5, 0.6) is 5.75 Å². The summed E-state index contributed by atoms with van der Waals surface area (Å²) in [4.78, 5) is 6.43. The quantitative estimate of drug-likeness (QED) is 0.653. The summed E-state index contributed by atoms with van der Waals surface area (Å²) in [6, 6.07) is 7.54. The first-order valence-corrected chi connectivity index (χ1v) is 9.15. The molecule has 0 amide bonds. The van der Waals surface area contributed by atoms with Gasteiger partial charge in [0, 0.05) is 24.7 Å². The summed E-state index contributed by atoms with van der Waals surface area (Å²) in [7, 11) is 0. The van der Waals surface area contributed by atoms with Crippen LogP contribution in [0.4, 0.5) is 8.78 Å². The smallest absolute Gasteiger partial charge is 0.256 e. The van der Waals surface area contributed by atoms with Crippen molar-refractivity contribution in [1.82, 2.24) is 19.6 Å². The number of hydrogen-bond donors (Lipinski definition) is 0. The SMILES string of the molecule is CC(c1ncno1)N1CCC(Oc2cccc3c2ccn3CC(F)F)CC1. The third-order valence-electron chi connectivity index (χ3n) is 5.16. The number of alkyl halides is 2. The fourth-order valence-electron chi connectivity index (χ4n) is 3.69. The van der Waals surface area contributed by atoms with Crippen molar-refractivity contribution in [2.75, 3.05) is 13.1 Å². The highest BCUT2D eigenvalue weighted by Crippen LogP contribution is 2.30. The van der Waals surface area contributed by atoms with Crippen molar-refractivity contribution >= 4 is 10.9 Å². The van der Waals surface area contributed by atoms with Gasteiger partial charge in [-0.1, -0.05) is 11.2 Å². The Kier molecular flexibility index (Phi) is 5.07. The van der Waals surface area contributed by atoms with Crippen LogP contribution in [0, 0.1) is 0 Å². The van der Waals surface area contributed by atoms with E-state index in [4.69, 9.17) is 9.26 Å². The number of fused-ring (bicyclic) bond motifs is 1. The van der Waals surface area contributed by atoms with Crippen LogP contribution in [0.2, 0.25) is 0 Å². The Morgan fingerprint density at radius 2 is 2.07 bits per heavy atom. The summed E-state index contributed by atoms with van der Waals surface area (Å²) in [6.45, 7) is 3.49. The highest BCUT2D eigenvalue weighted by atomic mass is 19.3. The van der Waals surface area contributed by atoms with Crippen molar-refractivity contribution < 1.29 is 18.0 Å². The van der Waals surface area contributed by atoms with Crippen LogP contribution >= 0.6 is 0 Å². The Morgan fingerprint density at radius 3 is 2.78 bits per heavy atom. The lowest BCUT2D eigenvalue weighted by Gasteiger charge is -2.34. The van der Waals surface area contributed by atoms with E-state index in [2.05, 4.69) is 22.0 Å². The van der Waals surface area contributed by atoms with E-state index in [1.807, 2.05) is 24.3 Å². The lowest BCUT2D eigenvalue weighted by molar-refractivity contribution is 0.0708. The van der Waals surface area contributed by atoms with Gasteiger partial charge in [-0.05, 0) is 38.0 Å². The third kappa shape index (κ3) is 3.80. The first-order chi connectivity index (χ1) is 13.1.